The zero-order valence-corrected chi connectivity index (χ0v) is 10.6. The Morgan fingerprint density at radius 2 is 1.94 bits per heavy atom. The van der Waals surface area contributed by atoms with E-state index in [0.717, 1.165) is 12.8 Å². The molecule has 1 rings (SSSR count). The fourth-order valence-electron chi connectivity index (χ4n) is 2.08. The van der Waals surface area contributed by atoms with Crippen LogP contribution in [0.25, 0.3) is 0 Å². The summed E-state index contributed by atoms with van der Waals surface area (Å²) in [4.78, 5) is 22.6. The fourth-order valence-corrected chi connectivity index (χ4v) is 2.08. The molecule has 1 fully saturated rings. The van der Waals surface area contributed by atoms with E-state index >= 15 is 0 Å². The van der Waals surface area contributed by atoms with Gasteiger partial charge in [0.2, 0.25) is 0 Å². The van der Waals surface area contributed by atoms with Gasteiger partial charge in [0.15, 0.2) is 0 Å². The summed E-state index contributed by atoms with van der Waals surface area (Å²) in [5.41, 5.74) is 0. The van der Waals surface area contributed by atoms with Crippen molar-refractivity contribution in [2.75, 3.05) is 7.11 Å². The van der Waals surface area contributed by atoms with Crippen LogP contribution in [-0.4, -0.2) is 31.2 Å². The van der Waals surface area contributed by atoms with E-state index in [0.29, 0.717) is 0 Å². The molecule has 1 atom stereocenters. The van der Waals surface area contributed by atoms with Crippen molar-refractivity contribution in [3.63, 3.8) is 0 Å². The van der Waals surface area contributed by atoms with Crippen LogP contribution in [0.2, 0.25) is 0 Å². The van der Waals surface area contributed by atoms with E-state index in [9.17, 15) is 9.59 Å². The summed E-state index contributed by atoms with van der Waals surface area (Å²) in [5.74, 6) is -0.310. The first-order chi connectivity index (χ1) is 8.11. The van der Waals surface area contributed by atoms with Crippen molar-refractivity contribution < 1.29 is 14.3 Å². The average Bonchev–Trinajstić information content (AvgIpc) is 2.29. The van der Waals surface area contributed by atoms with Crippen LogP contribution in [0.3, 0.4) is 0 Å². The molecule has 2 amide bonds. The zero-order chi connectivity index (χ0) is 12.7. The second-order valence-electron chi connectivity index (χ2n) is 4.63. The molecular weight excluding hydrogens is 220 g/mol. The zero-order valence-electron chi connectivity index (χ0n) is 10.6. The number of hydrogen-bond acceptors (Lipinski definition) is 3. The number of esters is 1. The van der Waals surface area contributed by atoms with Crippen molar-refractivity contribution in [3.05, 3.63) is 0 Å². The maximum Gasteiger partial charge on any atom is 0.315 e. The van der Waals surface area contributed by atoms with Gasteiger partial charge in [0.25, 0.3) is 0 Å². The monoisotopic (exact) mass is 242 g/mol. The predicted molar refractivity (Wildman–Crippen MR) is 64.6 cm³/mol. The number of nitrogens with one attached hydrogen (secondary N) is 2. The Balaban J connectivity index is 2.21. The van der Waals surface area contributed by atoms with Crippen molar-refractivity contribution in [2.24, 2.45) is 0 Å². The second-order valence-corrected chi connectivity index (χ2v) is 4.63. The largest absolute Gasteiger partial charge is 0.469 e. The number of rotatable bonds is 4. The Hall–Kier alpha value is -1.26. The molecule has 1 aliphatic carbocycles. The lowest BCUT2D eigenvalue weighted by molar-refractivity contribution is -0.141. The highest BCUT2D eigenvalue weighted by molar-refractivity contribution is 5.76. The minimum absolute atomic E-state index is 0.187. The summed E-state index contributed by atoms with van der Waals surface area (Å²) in [6, 6.07) is -0.103. The molecule has 0 bridgehead atoms. The first kappa shape index (κ1) is 13.8. The molecular formula is C12H22N2O3. The number of amides is 2. The van der Waals surface area contributed by atoms with Gasteiger partial charge < -0.3 is 15.4 Å². The van der Waals surface area contributed by atoms with Gasteiger partial charge in [-0.3, -0.25) is 4.79 Å². The highest BCUT2D eigenvalue weighted by Gasteiger charge is 2.17. The summed E-state index contributed by atoms with van der Waals surface area (Å²) >= 11 is 0. The van der Waals surface area contributed by atoms with Crippen LogP contribution < -0.4 is 10.6 Å². The van der Waals surface area contributed by atoms with Crippen LogP contribution in [0.4, 0.5) is 4.79 Å². The molecule has 0 aromatic rings. The Bertz CT molecular complexity index is 262. The standard InChI is InChI=1S/C12H22N2O3/c1-9(8-11(15)17-2)13-12(16)14-10-6-4-3-5-7-10/h9-10H,3-8H2,1-2H3,(H2,13,14,16)/t9-/m0/s1. The van der Waals surface area contributed by atoms with Crippen LogP contribution in [-0.2, 0) is 9.53 Å². The summed E-state index contributed by atoms with van der Waals surface area (Å²) in [6.07, 6.45) is 5.94. The lowest BCUT2D eigenvalue weighted by Crippen LogP contribution is -2.46. The summed E-state index contributed by atoms with van der Waals surface area (Å²) in [6.45, 7) is 1.79. The number of ether oxygens (including phenoxy) is 1. The van der Waals surface area contributed by atoms with Crippen LogP contribution in [0.15, 0.2) is 0 Å². The molecule has 17 heavy (non-hydrogen) atoms. The highest BCUT2D eigenvalue weighted by atomic mass is 16.5. The molecule has 0 heterocycles. The number of carbonyl (C=O) groups excluding carboxylic acids is 2. The molecule has 0 unspecified atom stereocenters. The molecule has 0 spiro atoms. The van der Waals surface area contributed by atoms with Crippen LogP contribution in [0.1, 0.15) is 45.4 Å². The second kappa shape index (κ2) is 7.14. The van der Waals surface area contributed by atoms with E-state index in [4.69, 9.17) is 0 Å². The molecule has 1 aliphatic rings. The third-order valence-corrected chi connectivity index (χ3v) is 3.02. The van der Waals surface area contributed by atoms with Gasteiger partial charge in [0.1, 0.15) is 0 Å². The van der Waals surface area contributed by atoms with Gasteiger partial charge >= 0.3 is 12.0 Å². The lowest BCUT2D eigenvalue weighted by Gasteiger charge is -2.23. The molecule has 5 heteroatoms. The van der Waals surface area contributed by atoms with Gasteiger partial charge in [-0.1, -0.05) is 19.3 Å². The van der Waals surface area contributed by atoms with Crippen LogP contribution in [0.5, 0.6) is 0 Å². The Morgan fingerprint density at radius 3 is 2.53 bits per heavy atom. The molecule has 0 aromatic carbocycles. The fraction of sp³-hybridized carbons (Fsp3) is 0.833. The third kappa shape index (κ3) is 5.56. The third-order valence-electron chi connectivity index (χ3n) is 3.02. The quantitative estimate of drug-likeness (QED) is 0.735. The predicted octanol–water partition coefficient (Wildman–Crippen LogP) is 1.57. The molecule has 0 aliphatic heterocycles. The number of carbonyl (C=O) groups is 2. The van der Waals surface area contributed by atoms with Gasteiger partial charge in [-0.2, -0.15) is 0 Å². The highest BCUT2D eigenvalue weighted by Crippen LogP contribution is 2.17. The normalized spacial score (nSPS) is 18.2. The van der Waals surface area contributed by atoms with Crippen LogP contribution in [0, 0.1) is 0 Å². The number of urea groups is 1. The smallest absolute Gasteiger partial charge is 0.315 e. The van der Waals surface area contributed by atoms with E-state index in [-0.39, 0.29) is 30.5 Å². The molecule has 5 nitrogen and oxygen atoms in total. The van der Waals surface area contributed by atoms with Gasteiger partial charge in [-0.05, 0) is 19.8 Å². The van der Waals surface area contributed by atoms with E-state index in [2.05, 4.69) is 15.4 Å². The molecule has 98 valence electrons. The average molecular weight is 242 g/mol. The maximum absolute atomic E-state index is 11.6. The number of methoxy groups -OCH3 is 1. The molecule has 2 N–H and O–H groups in total. The molecule has 0 aromatic heterocycles. The minimum atomic E-state index is -0.310. The van der Waals surface area contributed by atoms with Crippen molar-refractivity contribution in [1.29, 1.82) is 0 Å². The molecule has 1 saturated carbocycles. The van der Waals surface area contributed by atoms with Crippen molar-refractivity contribution >= 4 is 12.0 Å². The first-order valence-electron chi connectivity index (χ1n) is 6.25. The van der Waals surface area contributed by atoms with E-state index < -0.39 is 0 Å². The Labute approximate surface area is 102 Å². The minimum Gasteiger partial charge on any atom is -0.469 e. The lowest BCUT2D eigenvalue weighted by atomic mass is 9.96. The van der Waals surface area contributed by atoms with E-state index in [1.54, 1.807) is 6.92 Å². The summed E-state index contributed by atoms with van der Waals surface area (Å²) < 4.78 is 4.54. The molecule has 0 saturated heterocycles. The van der Waals surface area contributed by atoms with Gasteiger partial charge in [-0.25, -0.2) is 4.79 Å². The SMILES string of the molecule is COC(=O)C[C@H](C)NC(=O)NC1CCCCC1. The Morgan fingerprint density at radius 1 is 1.29 bits per heavy atom. The van der Waals surface area contributed by atoms with E-state index in [1.165, 1.54) is 26.4 Å². The van der Waals surface area contributed by atoms with Gasteiger partial charge in [0, 0.05) is 12.1 Å². The van der Waals surface area contributed by atoms with E-state index in [1.807, 2.05) is 0 Å². The van der Waals surface area contributed by atoms with Gasteiger partial charge in [0.05, 0.1) is 13.5 Å². The van der Waals surface area contributed by atoms with Crippen LogP contribution >= 0.6 is 0 Å². The Kier molecular flexibility index (Phi) is 5.80. The molecule has 0 radical (unpaired) electrons. The van der Waals surface area contributed by atoms with Crippen molar-refractivity contribution in [3.8, 4) is 0 Å². The summed E-state index contributed by atoms with van der Waals surface area (Å²) in [5, 5.41) is 5.68. The summed E-state index contributed by atoms with van der Waals surface area (Å²) in [7, 11) is 1.34. The maximum atomic E-state index is 11.6. The number of hydrogen-bond donors (Lipinski definition) is 2. The topological polar surface area (TPSA) is 67.4 Å². The van der Waals surface area contributed by atoms with Gasteiger partial charge in [-0.15, -0.1) is 0 Å². The van der Waals surface area contributed by atoms with Crippen molar-refractivity contribution in [1.82, 2.24) is 10.6 Å². The van der Waals surface area contributed by atoms with Crippen molar-refractivity contribution in [2.45, 2.75) is 57.5 Å². The first-order valence-corrected chi connectivity index (χ1v) is 6.25.